The minimum atomic E-state index is -0.189. The van der Waals surface area contributed by atoms with Crippen molar-refractivity contribution in [1.82, 2.24) is 14.9 Å². The molecule has 150 valence electrons. The Kier molecular flexibility index (Phi) is 5.00. The summed E-state index contributed by atoms with van der Waals surface area (Å²) in [6.07, 6.45) is 5.98. The zero-order valence-corrected chi connectivity index (χ0v) is 18.1. The number of benzene rings is 1. The van der Waals surface area contributed by atoms with E-state index in [0.717, 1.165) is 11.3 Å². The van der Waals surface area contributed by atoms with Gasteiger partial charge in [-0.2, -0.15) is 0 Å². The molecule has 3 heterocycles. The quantitative estimate of drug-likeness (QED) is 0.565. The van der Waals surface area contributed by atoms with Gasteiger partial charge in [0.1, 0.15) is 5.75 Å². The fourth-order valence-electron chi connectivity index (χ4n) is 3.65. The molecule has 1 aliphatic heterocycles. The molecule has 1 aromatic carbocycles. The highest BCUT2D eigenvalue weighted by molar-refractivity contribution is 7.80. The predicted molar refractivity (Wildman–Crippen MR) is 120 cm³/mol. The Morgan fingerprint density at radius 3 is 2.62 bits per heavy atom. The molecule has 3 aromatic rings. The van der Waals surface area contributed by atoms with Gasteiger partial charge in [-0.3, -0.25) is 4.98 Å². The van der Waals surface area contributed by atoms with Gasteiger partial charge in [0.05, 0.1) is 23.5 Å². The van der Waals surface area contributed by atoms with Crippen LogP contribution in [-0.2, 0) is 5.54 Å². The van der Waals surface area contributed by atoms with Gasteiger partial charge >= 0.3 is 0 Å². The van der Waals surface area contributed by atoms with E-state index >= 15 is 0 Å². The van der Waals surface area contributed by atoms with Gasteiger partial charge in [0.2, 0.25) is 0 Å². The molecular formula is C22H23ClN4OS. The zero-order valence-electron chi connectivity index (χ0n) is 16.5. The molecule has 2 unspecified atom stereocenters. The number of pyridine rings is 1. The average molecular weight is 427 g/mol. The Morgan fingerprint density at radius 2 is 1.97 bits per heavy atom. The lowest BCUT2D eigenvalue weighted by Crippen LogP contribution is -2.29. The molecule has 0 saturated carbocycles. The van der Waals surface area contributed by atoms with Crippen molar-refractivity contribution in [2.24, 2.45) is 0 Å². The first-order valence-corrected chi connectivity index (χ1v) is 10.2. The number of phenolic OH excluding ortho intramolecular Hbond substituents is 1. The smallest absolute Gasteiger partial charge is 0.174 e. The van der Waals surface area contributed by atoms with Crippen molar-refractivity contribution in [3.63, 3.8) is 0 Å². The third-order valence-corrected chi connectivity index (χ3v) is 5.68. The number of nitrogens with one attached hydrogen (secondary N) is 1. The molecule has 2 atom stereocenters. The fourth-order valence-corrected chi connectivity index (χ4v) is 4.15. The Bertz CT molecular complexity index is 1040. The van der Waals surface area contributed by atoms with Crippen LogP contribution in [0.15, 0.2) is 61.1 Å². The topological polar surface area (TPSA) is 53.3 Å². The van der Waals surface area contributed by atoms with Crippen molar-refractivity contribution in [1.29, 1.82) is 0 Å². The third-order valence-electron chi connectivity index (χ3n) is 5.13. The van der Waals surface area contributed by atoms with E-state index in [1.165, 1.54) is 0 Å². The van der Waals surface area contributed by atoms with Crippen molar-refractivity contribution in [3.8, 4) is 5.75 Å². The molecule has 0 spiro atoms. The summed E-state index contributed by atoms with van der Waals surface area (Å²) in [6.45, 7) is 6.47. The van der Waals surface area contributed by atoms with E-state index in [1.807, 2.05) is 23.1 Å². The van der Waals surface area contributed by atoms with E-state index in [0.29, 0.717) is 15.8 Å². The molecular weight excluding hydrogens is 404 g/mol. The van der Waals surface area contributed by atoms with Gasteiger partial charge in [0.15, 0.2) is 5.11 Å². The van der Waals surface area contributed by atoms with E-state index in [-0.39, 0.29) is 23.4 Å². The first-order valence-electron chi connectivity index (χ1n) is 9.43. The fraction of sp³-hybridized carbons (Fsp3) is 0.273. The van der Waals surface area contributed by atoms with Crippen LogP contribution in [0.1, 0.15) is 44.1 Å². The molecule has 1 saturated heterocycles. The summed E-state index contributed by atoms with van der Waals surface area (Å²) in [7, 11) is 0. The van der Waals surface area contributed by atoms with E-state index in [1.54, 1.807) is 24.4 Å². The summed E-state index contributed by atoms with van der Waals surface area (Å²) >= 11 is 11.9. The Morgan fingerprint density at radius 1 is 1.17 bits per heavy atom. The van der Waals surface area contributed by atoms with Crippen LogP contribution >= 0.6 is 23.8 Å². The van der Waals surface area contributed by atoms with E-state index in [4.69, 9.17) is 23.8 Å². The third kappa shape index (κ3) is 3.70. The van der Waals surface area contributed by atoms with Gasteiger partial charge in [-0.25, -0.2) is 0 Å². The summed E-state index contributed by atoms with van der Waals surface area (Å²) in [5, 5.41) is 15.0. The van der Waals surface area contributed by atoms with Crippen molar-refractivity contribution >= 4 is 34.6 Å². The lowest BCUT2D eigenvalue weighted by molar-refractivity contribution is 0.397. The SMILES string of the molecule is CC(C)(C)n1ccc(C2C(c3ccccn3)NC(=S)N2c2cc(Cl)ccc2O)c1. The van der Waals surface area contributed by atoms with Crippen LogP contribution in [0.3, 0.4) is 0 Å². The van der Waals surface area contributed by atoms with Gasteiger partial charge in [0, 0.05) is 29.2 Å². The van der Waals surface area contributed by atoms with Crippen LogP contribution in [0.4, 0.5) is 5.69 Å². The van der Waals surface area contributed by atoms with Crippen molar-refractivity contribution in [2.45, 2.75) is 38.4 Å². The van der Waals surface area contributed by atoms with Crippen molar-refractivity contribution < 1.29 is 5.11 Å². The van der Waals surface area contributed by atoms with Crippen LogP contribution in [0, 0.1) is 0 Å². The minimum absolute atomic E-state index is 0.0473. The second-order valence-electron chi connectivity index (χ2n) is 8.15. The average Bonchev–Trinajstić information content (AvgIpc) is 3.29. The Hall–Kier alpha value is -2.57. The first kappa shape index (κ1) is 19.7. The number of hydrogen-bond donors (Lipinski definition) is 2. The van der Waals surface area contributed by atoms with Gasteiger partial charge < -0.3 is 19.9 Å². The lowest BCUT2D eigenvalue weighted by Gasteiger charge is -2.28. The zero-order chi connectivity index (χ0) is 20.8. The monoisotopic (exact) mass is 426 g/mol. The molecule has 4 rings (SSSR count). The molecule has 2 N–H and O–H groups in total. The highest BCUT2D eigenvalue weighted by Crippen LogP contribution is 2.45. The molecule has 1 fully saturated rings. The van der Waals surface area contributed by atoms with Crippen molar-refractivity contribution in [3.05, 3.63) is 77.3 Å². The standard InChI is InChI=1S/C22H23ClN4OS/c1-22(2,3)26-11-9-14(13-26)20-19(16-6-4-5-10-24-16)25-21(29)27(20)17-12-15(23)7-8-18(17)28/h4-13,19-20,28H,1-3H3,(H,25,29). The number of phenols is 1. The summed E-state index contributed by atoms with van der Waals surface area (Å²) in [4.78, 5) is 6.48. The second kappa shape index (κ2) is 7.35. The number of anilines is 1. The molecule has 0 amide bonds. The van der Waals surface area contributed by atoms with Gasteiger partial charge in [-0.15, -0.1) is 0 Å². The Balaban J connectivity index is 1.86. The highest BCUT2D eigenvalue weighted by Gasteiger charge is 2.42. The van der Waals surface area contributed by atoms with Gasteiger partial charge in [0.25, 0.3) is 0 Å². The largest absolute Gasteiger partial charge is 0.506 e. The molecule has 5 nitrogen and oxygen atoms in total. The van der Waals surface area contributed by atoms with Crippen LogP contribution < -0.4 is 10.2 Å². The number of nitrogens with zero attached hydrogens (tertiary/aromatic N) is 3. The number of halogens is 1. The first-order chi connectivity index (χ1) is 13.8. The molecule has 0 bridgehead atoms. The number of rotatable bonds is 3. The maximum absolute atomic E-state index is 10.6. The van der Waals surface area contributed by atoms with Crippen LogP contribution in [-0.4, -0.2) is 19.8 Å². The van der Waals surface area contributed by atoms with Crippen LogP contribution in [0.25, 0.3) is 0 Å². The maximum Gasteiger partial charge on any atom is 0.174 e. The van der Waals surface area contributed by atoms with Crippen LogP contribution in [0.5, 0.6) is 5.75 Å². The predicted octanol–water partition coefficient (Wildman–Crippen LogP) is 5.17. The molecule has 7 heteroatoms. The van der Waals surface area contributed by atoms with Crippen molar-refractivity contribution in [2.75, 3.05) is 4.90 Å². The molecule has 1 aliphatic rings. The summed E-state index contributed by atoms with van der Waals surface area (Å²) in [5.74, 6) is 0.125. The molecule has 0 aliphatic carbocycles. The van der Waals surface area contributed by atoms with E-state index < -0.39 is 0 Å². The number of thiocarbonyl (C=S) groups is 1. The second-order valence-corrected chi connectivity index (χ2v) is 8.98. The number of aromatic hydroxyl groups is 1. The summed E-state index contributed by atoms with van der Waals surface area (Å²) in [5.41, 5.74) is 2.48. The summed E-state index contributed by atoms with van der Waals surface area (Å²) in [6, 6.07) is 12.6. The maximum atomic E-state index is 10.6. The number of aromatic nitrogens is 2. The molecule has 0 radical (unpaired) electrons. The Labute approximate surface area is 180 Å². The molecule has 29 heavy (non-hydrogen) atoms. The van der Waals surface area contributed by atoms with E-state index in [2.05, 4.69) is 54.1 Å². The minimum Gasteiger partial charge on any atom is -0.506 e. The molecule has 2 aromatic heterocycles. The lowest BCUT2D eigenvalue weighted by atomic mass is 9.98. The normalized spacial score (nSPS) is 19.4. The summed E-state index contributed by atoms with van der Waals surface area (Å²) < 4.78 is 2.18. The number of hydrogen-bond acceptors (Lipinski definition) is 3. The highest BCUT2D eigenvalue weighted by atomic mass is 35.5. The van der Waals surface area contributed by atoms with Crippen LogP contribution in [0.2, 0.25) is 5.02 Å². The van der Waals surface area contributed by atoms with Gasteiger partial charge in [-0.1, -0.05) is 17.7 Å². The van der Waals surface area contributed by atoms with Gasteiger partial charge in [-0.05, 0) is 75.0 Å². The van der Waals surface area contributed by atoms with E-state index in [9.17, 15) is 5.11 Å².